The molecular weight excluding hydrogens is 398 g/mol. The van der Waals surface area contributed by atoms with E-state index < -0.39 is 0 Å². The number of isothiocyanates is 1. The maximum atomic E-state index is 6.01. The van der Waals surface area contributed by atoms with Crippen molar-refractivity contribution in [2.75, 3.05) is 76.5 Å². The molecule has 1 heterocycles. The van der Waals surface area contributed by atoms with Gasteiger partial charge in [-0.15, -0.1) is 0 Å². The molecule has 1 aromatic carbocycles. The van der Waals surface area contributed by atoms with Crippen LogP contribution in [0.1, 0.15) is 0 Å². The van der Waals surface area contributed by atoms with Crippen molar-refractivity contribution in [1.29, 1.82) is 0 Å². The monoisotopic (exact) mass is 427 g/mol. The lowest BCUT2D eigenvalue weighted by atomic mass is 10.3. The van der Waals surface area contributed by atoms with Gasteiger partial charge >= 0.3 is 0 Å². The van der Waals surface area contributed by atoms with Crippen molar-refractivity contribution in [3.05, 3.63) is 18.2 Å². The van der Waals surface area contributed by atoms with Crippen LogP contribution < -0.4 is 9.47 Å². The number of likely N-dealkylation sites (N-methyl/N-ethyl adjacent to an activating group) is 2. The van der Waals surface area contributed by atoms with Gasteiger partial charge in [0.15, 0.2) is 11.5 Å². The fraction of sp³-hybridized carbons (Fsp3) is 0.632. The van der Waals surface area contributed by atoms with E-state index in [2.05, 4.69) is 34.0 Å². The summed E-state index contributed by atoms with van der Waals surface area (Å²) in [7, 11) is 4.28. The Morgan fingerprint density at radius 3 is 2.07 bits per heavy atom. The SMILES string of the molecule is CN1CCOc2ccc(N=C=S)cc2OCCN(C)CCSCCSCC1. The molecule has 0 saturated heterocycles. The normalized spacial score (nSPS) is 19.5. The van der Waals surface area contributed by atoms with Crippen LogP contribution in [-0.2, 0) is 0 Å². The molecule has 0 aliphatic carbocycles. The van der Waals surface area contributed by atoms with Crippen molar-refractivity contribution in [1.82, 2.24) is 9.80 Å². The molecule has 1 aliphatic rings. The first-order chi connectivity index (χ1) is 13.2. The molecule has 0 spiro atoms. The molecule has 150 valence electrons. The number of nitrogens with zero attached hydrogens (tertiary/aromatic N) is 3. The summed E-state index contributed by atoms with van der Waals surface area (Å²) < 4.78 is 12.0. The van der Waals surface area contributed by atoms with Gasteiger partial charge in [-0.3, -0.25) is 0 Å². The van der Waals surface area contributed by atoms with E-state index in [1.165, 1.54) is 11.5 Å². The second kappa shape index (κ2) is 13.4. The van der Waals surface area contributed by atoms with E-state index in [4.69, 9.17) is 21.7 Å². The Morgan fingerprint density at radius 1 is 0.889 bits per heavy atom. The molecule has 1 aliphatic heterocycles. The quantitative estimate of drug-likeness (QED) is 0.501. The number of rotatable bonds is 1. The van der Waals surface area contributed by atoms with Crippen molar-refractivity contribution in [3.63, 3.8) is 0 Å². The average molecular weight is 428 g/mol. The molecule has 8 heteroatoms. The first-order valence-electron chi connectivity index (χ1n) is 9.19. The third kappa shape index (κ3) is 9.32. The Morgan fingerprint density at radius 2 is 1.48 bits per heavy atom. The molecule has 0 N–H and O–H groups in total. The number of aliphatic imine (C=N–C) groups is 1. The zero-order valence-corrected chi connectivity index (χ0v) is 18.6. The predicted molar refractivity (Wildman–Crippen MR) is 122 cm³/mol. The highest BCUT2D eigenvalue weighted by molar-refractivity contribution is 8.02. The lowest BCUT2D eigenvalue weighted by Crippen LogP contribution is -2.27. The van der Waals surface area contributed by atoms with Crippen LogP contribution in [0.5, 0.6) is 11.5 Å². The molecule has 0 fully saturated rings. The van der Waals surface area contributed by atoms with Gasteiger partial charge in [-0.2, -0.15) is 28.5 Å². The largest absolute Gasteiger partial charge is 0.488 e. The number of fused-ring (bicyclic) bond motifs is 1. The minimum Gasteiger partial charge on any atom is -0.488 e. The fourth-order valence-electron chi connectivity index (χ4n) is 2.46. The van der Waals surface area contributed by atoms with Crippen LogP contribution >= 0.6 is 35.7 Å². The van der Waals surface area contributed by atoms with Gasteiger partial charge in [0.25, 0.3) is 0 Å². The highest BCUT2D eigenvalue weighted by atomic mass is 32.2. The number of ether oxygens (including phenoxy) is 2. The van der Waals surface area contributed by atoms with Crippen LogP contribution in [0.4, 0.5) is 5.69 Å². The van der Waals surface area contributed by atoms with E-state index in [9.17, 15) is 0 Å². The summed E-state index contributed by atoms with van der Waals surface area (Å²) in [6.45, 7) is 5.14. The zero-order valence-electron chi connectivity index (χ0n) is 16.2. The number of thiocarbonyl (C=S) groups is 1. The summed E-state index contributed by atoms with van der Waals surface area (Å²) >= 11 is 8.77. The van der Waals surface area contributed by atoms with E-state index in [0.717, 1.165) is 49.1 Å². The molecule has 0 saturated carbocycles. The highest BCUT2D eigenvalue weighted by Crippen LogP contribution is 2.31. The van der Waals surface area contributed by atoms with E-state index in [1.807, 2.05) is 41.7 Å². The van der Waals surface area contributed by atoms with Crippen LogP contribution in [0.15, 0.2) is 23.2 Å². The van der Waals surface area contributed by atoms with Crippen LogP contribution in [0.2, 0.25) is 0 Å². The van der Waals surface area contributed by atoms with Crippen LogP contribution in [-0.4, -0.2) is 91.5 Å². The topological polar surface area (TPSA) is 37.3 Å². The maximum absolute atomic E-state index is 6.01. The van der Waals surface area contributed by atoms with Crippen LogP contribution in [0, 0.1) is 0 Å². The molecule has 0 amide bonds. The summed E-state index contributed by atoms with van der Waals surface area (Å²) in [4.78, 5) is 8.66. The van der Waals surface area contributed by atoms with Gasteiger partial charge in [0, 0.05) is 55.3 Å². The van der Waals surface area contributed by atoms with Crippen molar-refractivity contribution in [2.24, 2.45) is 4.99 Å². The van der Waals surface area contributed by atoms with Gasteiger partial charge in [0.05, 0.1) is 10.8 Å². The molecule has 27 heavy (non-hydrogen) atoms. The third-order valence-corrected chi connectivity index (χ3v) is 6.45. The summed E-state index contributed by atoms with van der Waals surface area (Å²) in [6.07, 6.45) is 0. The third-order valence-electron chi connectivity index (χ3n) is 4.17. The molecule has 1 aromatic rings. The van der Waals surface area contributed by atoms with Gasteiger partial charge in [-0.05, 0) is 38.4 Å². The molecule has 0 bridgehead atoms. The first-order valence-corrected chi connectivity index (χ1v) is 11.9. The van der Waals surface area contributed by atoms with Crippen LogP contribution in [0.3, 0.4) is 0 Å². The van der Waals surface area contributed by atoms with Gasteiger partial charge in [0.1, 0.15) is 13.2 Å². The summed E-state index contributed by atoms with van der Waals surface area (Å²) in [6, 6.07) is 5.63. The van der Waals surface area contributed by atoms with Crippen molar-refractivity contribution in [2.45, 2.75) is 0 Å². The lowest BCUT2D eigenvalue weighted by molar-refractivity contribution is 0.215. The van der Waals surface area contributed by atoms with Gasteiger partial charge in [-0.1, -0.05) is 0 Å². The number of benzene rings is 1. The molecule has 5 nitrogen and oxygen atoms in total. The molecule has 0 atom stereocenters. The highest BCUT2D eigenvalue weighted by Gasteiger charge is 2.09. The maximum Gasteiger partial charge on any atom is 0.163 e. The minimum absolute atomic E-state index is 0.609. The number of thioether (sulfide) groups is 2. The van der Waals surface area contributed by atoms with Gasteiger partial charge in [-0.25, -0.2) is 0 Å². The Hall–Kier alpha value is -0.760. The fourth-order valence-corrected chi connectivity index (χ4v) is 4.80. The van der Waals surface area contributed by atoms with Crippen molar-refractivity contribution in [3.8, 4) is 11.5 Å². The van der Waals surface area contributed by atoms with Crippen molar-refractivity contribution < 1.29 is 9.47 Å². The van der Waals surface area contributed by atoms with E-state index in [1.54, 1.807) is 0 Å². The molecule has 0 aromatic heterocycles. The Labute approximate surface area is 176 Å². The van der Waals surface area contributed by atoms with Crippen LogP contribution in [0.25, 0.3) is 0 Å². The first kappa shape index (κ1) is 22.5. The van der Waals surface area contributed by atoms with E-state index in [-0.39, 0.29) is 0 Å². The molecular formula is C19H29N3O2S3. The molecule has 0 radical (unpaired) electrons. The Kier molecular flexibility index (Phi) is 11.2. The summed E-state index contributed by atoms with van der Waals surface area (Å²) in [5.41, 5.74) is 0.730. The van der Waals surface area contributed by atoms with E-state index >= 15 is 0 Å². The molecule has 0 unspecified atom stereocenters. The average Bonchev–Trinajstić information content (AvgIpc) is 2.65. The number of hydrogen-bond donors (Lipinski definition) is 0. The smallest absolute Gasteiger partial charge is 0.163 e. The summed E-state index contributed by atoms with van der Waals surface area (Å²) in [5, 5.41) is 2.40. The van der Waals surface area contributed by atoms with E-state index in [0.29, 0.717) is 19.0 Å². The summed E-state index contributed by atoms with van der Waals surface area (Å²) in [5.74, 6) is 6.23. The minimum atomic E-state index is 0.609. The second-order valence-electron chi connectivity index (χ2n) is 6.36. The van der Waals surface area contributed by atoms with Crippen molar-refractivity contribution >= 4 is 46.6 Å². The lowest BCUT2D eigenvalue weighted by Gasteiger charge is -2.20. The predicted octanol–water partition coefficient (Wildman–Crippen LogP) is 3.52. The van der Waals surface area contributed by atoms with Gasteiger partial charge in [0.2, 0.25) is 0 Å². The number of hydrogen-bond acceptors (Lipinski definition) is 8. The standard InChI is InChI=1S/C19H29N3O2S3/c1-21-5-9-23-18-4-3-17(20-16-25)15-19(18)24-10-6-22(2)8-12-27-14-13-26-11-7-21/h3-4,15H,5-14H2,1-2H3. The molecule has 2 rings (SSSR count). The Balaban J connectivity index is 2.02. The Bertz CT molecular complexity index is 612. The van der Waals surface area contributed by atoms with Gasteiger partial charge < -0.3 is 19.3 Å². The second-order valence-corrected chi connectivity index (χ2v) is 8.99. The zero-order chi connectivity index (χ0) is 19.3.